The number of rotatable bonds is 6. The van der Waals surface area contributed by atoms with Gasteiger partial charge in [-0.3, -0.25) is 0 Å². The SMILES string of the molecule is CCOC(=O)C1=C(C)NC(=O)NC1c1ccccc1OCc1ccccc1Cl. The number of benzene rings is 2. The van der Waals surface area contributed by atoms with Gasteiger partial charge in [0, 0.05) is 21.8 Å². The van der Waals surface area contributed by atoms with Crippen LogP contribution in [0.15, 0.2) is 59.8 Å². The van der Waals surface area contributed by atoms with Crippen LogP contribution in [-0.4, -0.2) is 18.6 Å². The van der Waals surface area contributed by atoms with Gasteiger partial charge in [-0.1, -0.05) is 48.0 Å². The maximum atomic E-state index is 12.5. The van der Waals surface area contributed by atoms with E-state index in [0.717, 1.165) is 5.56 Å². The number of amides is 2. The van der Waals surface area contributed by atoms with Crippen molar-refractivity contribution in [2.24, 2.45) is 0 Å². The molecule has 2 N–H and O–H groups in total. The molecule has 3 rings (SSSR count). The maximum Gasteiger partial charge on any atom is 0.338 e. The van der Waals surface area contributed by atoms with Gasteiger partial charge in [0.15, 0.2) is 0 Å². The number of ether oxygens (including phenoxy) is 2. The summed E-state index contributed by atoms with van der Waals surface area (Å²) in [6.07, 6.45) is 0. The number of para-hydroxylation sites is 1. The summed E-state index contributed by atoms with van der Waals surface area (Å²) in [6, 6.07) is 13.6. The number of esters is 1. The van der Waals surface area contributed by atoms with Crippen molar-refractivity contribution in [3.63, 3.8) is 0 Å². The average Bonchev–Trinajstić information content (AvgIpc) is 2.67. The van der Waals surface area contributed by atoms with E-state index in [1.165, 1.54) is 0 Å². The molecule has 2 aromatic carbocycles. The predicted molar refractivity (Wildman–Crippen MR) is 106 cm³/mol. The van der Waals surface area contributed by atoms with Crippen LogP contribution in [0.25, 0.3) is 0 Å². The van der Waals surface area contributed by atoms with Crippen molar-refractivity contribution in [3.05, 3.63) is 76.0 Å². The highest BCUT2D eigenvalue weighted by molar-refractivity contribution is 6.31. The molecule has 1 heterocycles. The summed E-state index contributed by atoms with van der Waals surface area (Å²) in [4.78, 5) is 24.6. The third kappa shape index (κ3) is 4.28. The first-order valence-corrected chi connectivity index (χ1v) is 9.29. The molecule has 2 aromatic rings. The zero-order chi connectivity index (χ0) is 20.1. The molecule has 0 saturated heterocycles. The van der Waals surface area contributed by atoms with Crippen LogP contribution in [0.3, 0.4) is 0 Å². The van der Waals surface area contributed by atoms with Gasteiger partial charge in [0.2, 0.25) is 0 Å². The number of allylic oxidation sites excluding steroid dienone is 1. The minimum atomic E-state index is -0.685. The molecule has 7 heteroatoms. The van der Waals surface area contributed by atoms with E-state index >= 15 is 0 Å². The van der Waals surface area contributed by atoms with E-state index in [1.54, 1.807) is 26.0 Å². The largest absolute Gasteiger partial charge is 0.488 e. The molecule has 6 nitrogen and oxygen atoms in total. The Morgan fingerprint density at radius 3 is 2.61 bits per heavy atom. The number of carbonyl (C=O) groups excluding carboxylic acids is 2. The van der Waals surface area contributed by atoms with Gasteiger partial charge >= 0.3 is 12.0 Å². The highest BCUT2D eigenvalue weighted by Crippen LogP contribution is 2.34. The van der Waals surface area contributed by atoms with Gasteiger partial charge in [-0.05, 0) is 26.0 Å². The minimum Gasteiger partial charge on any atom is -0.488 e. The lowest BCUT2D eigenvalue weighted by molar-refractivity contribution is -0.139. The van der Waals surface area contributed by atoms with E-state index < -0.39 is 18.0 Å². The molecule has 0 spiro atoms. The quantitative estimate of drug-likeness (QED) is 0.715. The van der Waals surface area contributed by atoms with Crippen LogP contribution < -0.4 is 15.4 Å². The Bertz CT molecular complexity index is 926. The Labute approximate surface area is 168 Å². The molecule has 2 amide bonds. The van der Waals surface area contributed by atoms with E-state index in [9.17, 15) is 9.59 Å². The molecule has 0 fully saturated rings. The van der Waals surface area contributed by atoms with Gasteiger partial charge in [-0.2, -0.15) is 0 Å². The first-order valence-electron chi connectivity index (χ1n) is 8.91. The van der Waals surface area contributed by atoms with Crippen LogP contribution in [0.4, 0.5) is 4.79 Å². The van der Waals surface area contributed by atoms with Gasteiger partial charge in [-0.25, -0.2) is 9.59 Å². The van der Waals surface area contributed by atoms with Crippen LogP contribution >= 0.6 is 11.6 Å². The molecular formula is C21H21ClN2O4. The minimum absolute atomic E-state index is 0.237. The molecule has 0 saturated carbocycles. The van der Waals surface area contributed by atoms with Crippen LogP contribution in [0.1, 0.15) is 31.0 Å². The predicted octanol–water partition coefficient (Wildman–Crippen LogP) is 4.11. The third-order valence-electron chi connectivity index (χ3n) is 4.34. The van der Waals surface area contributed by atoms with E-state index in [1.807, 2.05) is 36.4 Å². The number of halogens is 1. The molecule has 1 aliphatic heterocycles. The highest BCUT2D eigenvalue weighted by atomic mass is 35.5. The van der Waals surface area contributed by atoms with E-state index in [4.69, 9.17) is 21.1 Å². The lowest BCUT2D eigenvalue weighted by Gasteiger charge is -2.29. The monoisotopic (exact) mass is 400 g/mol. The van der Waals surface area contributed by atoms with Crippen molar-refractivity contribution >= 4 is 23.6 Å². The van der Waals surface area contributed by atoms with Gasteiger partial charge < -0.3 is 20.1 Å². The Balaban J connectivity index is 1.93. The number of nitrogens with one attached hydrogen (secondary N) is 2. The van der Waals surface area contributed by atoms with E-state index in [2.05, 4.69) is 10.6 Å². The lowest BCUT2D eigenvalue weighted by atomic mass is 9.95. The van der Waals surface area contributed by atoms with Crippen molar-refractivity contribution in [1.82, 2.24) is 10.6 Å². The molecular weight excluding hydrogens is 380 g/mol. The highest BCUT2D eigenvalue weighted by Gasteiger charge is 2.33. The van der Waals surface area contributed by atoms with Crippen molar-refractivity contribution < 1.29 is 19.1 Å². The molecule has 1 aliphatic rings. The van der Waals surface area contributed by atoms with Gasteiger partial charge in [-0.15, -0.1) is 0 Å². The number of carbonyl (C=O) groups is 2. The van der Waals surface area contributed by atoms with Gasteiger partial charge in [0.25, 0.3) is 0 Å². The third-order valence-corrected chi connectivity index (χ3v) is 4.70. The summed E-state index contributed by atoms with van der Waals surface area (Å²) in [5, 5.41) is 6.02. The Morgan fingerprint density at radius 2 is 1.86 bits per heavy atom. The fourth-order valence-electron chi connectivity index (χ4n) is 3.03. The van der Waals surface area contributed by atoms with Gasteiger partial charge in [0.05, 0.1) is 18.2 Å². The number of hydrogen-bond donors (Lipinski definition) is 2. The second-order valence-corrected chi connectivity index (χ2v) is 6.62. The number of urea groups is 1. The summed E-state index contributed by atoms with van der Waals surface area (Å²) >= 11 is 6.20. The molecule has 28 heavy (non-hydrogen) atoms. The van der Waals surface area contributed by atoms with Crippen molar-refractivity contribution in [3.8, 4) is 5.75 Å². The first kappa shape index (κ1) is 19.8. The summed E-state index contributed by atoms with van der Waals surface area (Å²) in [5.74, 6) is 0.0580. The number of hydrogen-bond acceptors (Lipinski definition) is 4. The Kier molecular flexibility index (Phi) is 6.21. The Hall–Kier alpha value is -2.99. The summed E-state index contributed by atoms with van der Waals surface area (Å²) < 4.78 is 11.2. The lowest BCUT2D eigenvalue weighted by Crippen LogP contribution is -2.45. The first-order chi connectivity index (χ1) is 13.5. The topological polar surface area (TPSA) is 76.7 Å². The smallest absolute Gasteiger partial charge is 0.338 e. The van der Waals surface area contributed by atoms with Crippen molar-refractivity contribution in [1.29, 1.82) is 0 Å². The zero-order valence-corrected chi connectivity index (χ0v) is 16.4. The average molecular weight is 401 g/mol. The summed E-state index contributed by atoms with van der Waals surface area (Å²) in [5.41, 5.74) is 2.29. The Morgan fingerprint density at radius 1 is 1.14 bits per heavy atom. The summed E-state index contributed by atoms with van der Waals surface area (Å²) in [6.45, 7) is 3.90. The van der Waals surface area contributed by atoms with E-state index in [0.29, 0.717) is 27.6 Å². The molecule has 0 aliphatic carbocycles. The van der Waals surface area contributed by atoms with Crippen LogP contribution in [0.2, 0.25) is 5.02 Å². The van der Waals surface area contributed by atoms with Crippen LogP contribution in [-0.2, 0) is 16.1 Å². The second-order valence-electron chi connectivity index (χ2n) is 6.21. The standard InChI is InChI=1S/C21H21ClN2O4/c1-3-27-20(25)18-13(2)23-21(26)24-19(18)15-9-5-7-11-17(15)28-12-14-8-4-6-10-16(14)22/h4-11,19H,3,12H2,1-2H3,(H2,23,24,26). The molecule has 146 valence electrons. The van der Waals surface area contributed by atoms with Gasteiger partial charge in [0.1, 0.15) is 12.4 Å². The fraction of sp³-hybridized carbons (Fsp3) is 0.238. The van der Waals surface area contributed by atoms with Crippen LogP contribution in [0, 0.1) is 0 Å². The molecule has 0 radical (unpaired) electrons. The molecule has 0 bridgehead atoms. The maximum absolute atomic E-state index is 12.5. The molecule has 1 atom stereocenters. The normalized spacial score (nSPS) is 16.2. The zero-order valence-electron chi connectivity index (χ0n) is 15.6. The second kappa shape index (κ2) is 8.80. The fourth-order valence-corrected chi connectivity index (χ4v) is 3.22. The van der Waals surface area contributed by atoms with E-state index in [-0.39, 0.29) is 13.2 Å². The molecule has 0 aromatic heterocycles. The summed E-state index contributed by atoms with van der Waals surface area (Å²) in [7, 11) is 0. The van der Waals surface area contributed by atoms with Crippen LogP contribution in [0.5, 0.6) is 5.75 Å². The molecule has 1 unspecified atom stereocenters. The van der Waals surface area contributed by atoms with Crippen molar-refractivity contribution in [2.75, 3.05) is 6.61 Å². The van der Waals surface area contributed by atoms with Crippen molar-refractivity contribution in [2.45, 2.75) is 26.5 Å².